The van der Waals surface area contributed by atoms with Gasteiger partial charge in [-0.05, 0) is 18.4 Å². The summed E-state index contributed by atoms with van der Waals surface area (Å²) in [6, 6.07) is 8.35. The summed E-state index contributed by atoms with van der Waals surface area (Å²) in [5, 5.41) is 3.12. The van der Waals surface area contributed by atoms with Crippen molar-refractivity contribution in [3.8, 4) is 11.3 Å². The third kappa shape index (κ3) is 2.56. The Kier molecular flexibility index (Phi) is 3.60. The maximum atomic E-state index is 6.12. The van der Waals surface area contributed by atoms with Gasteiger partial charge in [0, 0.05) is 10.9 Å². The van der Waals surface area contributed by atoms with E-state index in [9.17, 15) is 0 Å². The van der Waals surface area contributed by atoms with Crippen molar-refractivity contribution < 1.29 is 0 Å². The van der Waals surface area contributed by atoms with Crippen molar-refractivity contribution >= 4 is 11.3 Å². The second kappa shape index (κ2) is 4.98. The molecular formula is C14H18N2S. The predicted molar refractivity (Wildman–Crippen MR) is 74.1 cm³/mol. The van der Waals surface area contributed by atoms with Crippen LogP contribution in [0.1, 0.15) is 30.5 Å². The van der Waals surface area contributed by atoms with Crippen molar-refractivity contribution in [1.82, 2.24) is 4.98 Å². The standard InChI is InChI=1S/C14H18N2S/c1-9(2)13(15)14-16-12(8-17-14)11-7-5-4-6-10(11)3/h4-9,13H,15H2,1-3H3. The number of aromatic nitrogens is 1. The lowest BCUT2D eigenvalue weighted by Gasteiger charge is -2.11. The number of hydrogen-bond donors (Lipinski definition) is 1. The van der Waals surface area contributed by atoms with Crippen LogP contribution in [0.5, 0.6) is 0 Å². The molecule has 0 saturated carbocycles. The Morgan fingerprint density at radius 2 is 1.94 bits per heavy atom. The maximum absolute atomic E-state index is 6.12. The third-order valence-corrected chi connectivity index (χ3v) is 3.89. The van der Waals surface area contributed by atoms with E-state index in [1.165, 1.54) is 11.1 Å². The molecule has 17 heavy (non-hydrogen) atoms. The van der Waals surface area contributed by atoms with Crippen LogP contribution < -0.4 is 5.73 Å². The van der Waals surface area contributed by atoms with Crippen LogP contribution in [-0.4, -0.2) is 4.98 Å². The van der Waals surface area contributed by atoms with E-state index < -0.39 is 0 Å². The summed E-state index contributed by atoms with van der Waals surface area (Å²) < 4.78 is 0. The highest BCUT2D eigenvalue weighted by Crippen LogP contribution is 2.29. The largest absolute Gasteiger partial charge is 0.322 e. The zero-order chi connectivity index (χ0) is 12.4. The topological polar surface area (TPSA) is 38.9 Å². The molecule has 0 fully saturated rings. The molecule has 90 valence electrons. The van der Waals surface area contributed by atoms with Gasteiger partial charge in [0.15, 0.2) is 0 Å². The fraction of sp³-hybridized carbons (Fsp3) is 0.357. The van der Waals surface area contributed by atoms with Crippen LogP contribution in [0.2, 0.25) is 0 Å². The molecule has 1 aromatic heterocycles. The van der Waals surface area contributed by atoms with E-state index in [-0.39, 0.29) is 6.04 Å². The van der Waals surface area contributed by atoms with Crippen LogP contribution in [0.3, 0.4) is 0 Å². The molecule has 3 heteroatoms. The average molecular weight is 246 g/mol. The Bertz CT molecular complexity index is 502. The monoisotopic (exact) mass is 246 g/mol. The maximum Gasteiger partial charge on any atom is 0.110 e. The van der Waals surface area contributed by atoms with Gasteiger partial charge in [0.1, 0.15) is 5.01 Å². The first-order chi connectivity index (χ1) is 8.09. The van der Waals surface area contributed by atoms with E-state index in [4.69, 9.17) is 5.73 Å². The van der Waals surface area contributed by atoms with Gasteiger partial charge in [0.05, 0.1) is 11.7 Å². The third-order valence-electron chi connectivity index (χ3n) is 2.95. The molecule has 2 rings (SSSR count). The van der Waals surface area contributed by atoms with E-state index in [1.54, 1.807) is 11.3 Å². The van der Waals surface area contributed by atoms with Crippen LogP contribution in [0.15, 0.2) is 29.6 Å². The van der Waals surface area contributed by atoms with Crippen molar-refractivity contribution in [3.63, 3.8) is 0 Å². The lowest BCUT2D eigenvalue weighted by atomic mass is 10.1. The Hall–Kier alpha value is -1.19. The molecule has 0 bridgehead atoms. The molecule has 1 heterocycles. The molecule has 0 aliphatic heterocycles. The van der Waals surface area contributed by atoms with E-state index in [0.717, 1.165) is 10.7 Å². The smallest absolute Gasteiger partial charge is 0.110 e. The van der Waals surface area contributed by atoms with Crippen molar-refractivity contribution in [2.45, 2.75) is 26.8 Å². The number of nitrogens with zero attached hydrogens (tertiary/aromatic N) is 1. The lowest BCUT2D eigenvalue weighted by molar-refractivity contribution is 0.512. The fourth-order valence-electron chi connectivity index (χ4n) is 1.71. The summed E-state index contributed by atoms with van der Waals surface area (Å²) in [7, 11) is 0. The summed E-state index contributed by atoms with van der Waals surface area (Å²) in [6.07, 6.45) is 0. The van der Waals surface area contributed by atoms with Gasteiger partial charge < -0.3 is 5.73 Å². The lowest BCUT2D eigenvalue weighted by Crippen LogP contribution is -2.16. The Morgan fingerprint density at radius 1 is 1.24 bits per heavy atom. The number of aryl methyl sites for hydroxylation is 1. The van der Waals surface area contributed by atoms with Crippen LogP contribution in [-0.2, 0) is 0 Å². The molecule has 1 aromatic carbocycles. The van der Waals surface area contributed by atoms with Gasteiger partial charge in [-0.2, -0.15) is 0 Å². The molecule has 2 N–H and O–H groups in total. The molecule has 0 radical (unpaired) electrons. The van der Waals surface area contributed by atoms with Gasteiger partial charge >= 0.3 is 0 Å². The van der Waals surface area contributed by atoms with Crippen LogP contribution in [0.25, 0.3) is 11.3 Å². The predicted octanol–water partition coefficient (Wildman–Crippen LogP) is 3.77. The van der Waals surface area contributed by atoms with Crippen molar-refractivity contribution in [3.05, 3.63) is 40.2 Å². The second-order valence-corrected chi connectivity index (χ2v) is 5.55. The highest BCUT2D eigenvalue weighted by atomic mass is 32.1. The number of benzene rings is 1. The van der Waals surface area contributed by atoms with E-state index >= 15 is 0 Å². The van der Waals surface area contributed by atoms with Crippen LogP contribution in [0.4, 0.5) is 0 Å². The van der Waals surface area contributed by atoms with Crippen molar-refractivity contribution in [1.29, 1.82) is 0 Å². The zero-order valence-electron chi connectivity index (χ0n) is 10.5. The minimum absolute atomic E-state index is 0.0396. The minimum atomic E-state index is 0.0396. The zero-order valence-corrected chi connectivity index (χ0v) is 11.3. The Balaban J connectivity index is 2.34. The summed E-state index contributed by atoms with van der Waals surface area (Å²) >= 11 is 1.65. The van der Waals surface area contributed by atoms with Gasteiger partial charge in [-0.3, -0.25) is 0 Å². The van der Waals surface area contributed by atoms with Gasteiger partial charge in [0.2, 0.25) is 0 Å². The van der Waals surface area contributed by atoms with Gasteiger partial charge in [-0.15, -0.1) is 11.3 Å². The average Bonchev–Trinajstić information content (AvgIpc) is 2.77. The molecule has 0 saturated heterocycles. The highest BCUT2D eigenvalue weighted by molar-refractivity contribution is 7.10. The van der Waals surface area contributed by atoms with Crippen LogP contribution in [0, 0.1) is 12.8 Å². The number of nitrogens with two attached hydrogens (primary N) is 1. The summed E-state index contributed by atoms with van der Waals surface area (Å²) in [5.41, 5.74) is 9.61. The molecule has 0 aliphatic carbocycles. The highest BCUT2D eigenvalue weighted by Gasteiger charge is 2.15. The first-order valence-electron chi connectivity index (χ1n) is 5.86. The Labute approximate surface area is 107 Å². The Morgan fingerprint density at radius 3 is 2.59 bits per heavy atom. The molecule has 2 aromatic rings. The van der Waals surface area contributed by atoms with Crippen LogP contribution >= 0.6 is 11.3 Å². The SMILES string of the molecule is Cc1ccccc1-c1csc(C(N)C(C)C)n1. The summed E-state index contributed by atoms with van der Waals surface area (Å²) in [6.45, 7) is 6.36. The molecular weight excluding hydrogens is 228 g/mol. The molecule has 2 nitrogen and oxygen atoms in total. The molecule has 0 amide bonds. The van der Waals surface area contributed by atoms with Crippen molar-refractivity contribution in [2.75, 3.05) is 0 Å². The number of rotatable bonds is 3. The van der Waals surface area contributed by atoms with Gasteiger partial charge in [-0.25, -0.2) is 4.98 Å². The first kappa shape index (κ1) is 12.3. The molecule has 0 aliphatic rings. The summed E-state index contributed by atoms with van der Waals surface area (Å²) in [4.78, 5) is 4.66. The van der Waals surface area contributed by atoms with E-state index in [1.807, 2.05) is 12.1 Å². The van der Waals surface area contributed by atoms with E-state index in [0.29, 0.717) is 5.92 Å². The fourth-order valence-corrected chi connectivity index (χ4v) is 2.70. The first-order valence-corrected chi connectivity index (χ1v) is 6.74. The number of thiazole rings is 1. The number of hydrogen-bond acceptors (Lipinski definition) is 3. The van der Waals surface area contributed by atoms with Gasteiger partial charge in [-0.1, -0.05) is 38.1 Å². The molecule has 1 atom stereocenters. The normalized spacial score (nSPS) is 13.0. The summed E-state index contributed by atoms with van der Waals surface area (Å²) in [5.74, 6) is 0.422. The van der Waals surface area contributed by atoms with Crippen molar-refractivity contribution in [2.24, 2.45) is 11.7 Å². The van der Waals surface area contributed by atoms with E-state index in [2.05, 4.69) is 43.3 Å². The molecule has 0 spiro atoms. The quantitative estimate of drug-likeness (QED) is 0.895. The molecule has 1 unspecified atom stereocenters. The minimum Gasteiger partial charge on any atom is -0.322 e. The second-order valence-electron chi connectivity index (χ2n) is 4.66. The van der Waals surface area contributed by atoms with Gasteiger partial charge in [0.25, 0.3) is 0 Å².